The highest BCUT2D eigenvalue weighted by atomic mass is 35.5. The number of benzene rings is 2. The molecule has 0 saturated carbocycles. The third kappa shape index (κ3) is 5.38. The molecule has 1 fully saturated rings. The van der Waals surface area contributed by atoms with Gasteiger partial charge in [0.25, 0.3) is 17.5 Å². The quantitative estimate of drug-likeness (QED) is 0.378. The van der Waals surface area contributed by atoms with E-state index in [1.807, 2.05) is 0 Å². The maximum Gasteiger partial charge on any atom is 0.311 e. The van der Waals surface area contributed by atoms with Crippen LogP contribution in [0, 0.1) is 16.0 Å². The Labute approximate surface area is 186 Å². The summed E-state index contributed by atoms with van der Waals surface area (Å²) in [4.78, 5) is 59.8. The molecular weight excluding hydrogens is 444 g/mol. The molecule has 1 heterocycles. The maximum atomic E-state index is 12.2. The fourth-order valence-corrected chi connectivity index (χ4v) is 3.22. The molecule has 2 N–H and O–H groups in total. The average Bonchev–Trinajstić information content (AvgIpc) is 3.17. The molecule has 1 saturated heterocycles. The van der Waals surface area contributed by atoms with Crippen molar-refractivity contribution in [2.45, 2.75) is 6.42 Å². The Morgan fingerprint density at radius 1 is 1.12 bits per heavy atom. The minimum Gasteiger partial charge on any atom is -0.455 e. The van der Waals surface area contributed by atoms with Gasteiger partial charge in [0, 0.05) is 30.8 Å². The lowest BCUT2D eigenvalue weighted by atomic mass is 10.1. The number of non-ortho nitro benzene ring substituents is 1. The van der Waals surface area contributed by atoms with Crippen LogP contribution in [0.1, 0.15) is 16.8 Å². The molecule has 0 bridgehead atoms. The minimum atomic E-state index is -0.803. The molecule has 32 heavy (non-hydrogen) atoms. The summed E-state index contributed by atoms with van der Waals surface area (Å²) in [6, 6.07) is 11.6. The van der Waals surface area contributed by atoms with Gasteiger partial charge in [-0.05, 0) is 24.3 Å². The highest BCUT2D eigenvalue weighted by Gasteiger charge is 2.36. The molecule has 0 unspecified atom stereocenters. The number of nitrogens with one attached hydrogen (secondary N) is 2. The smallest absolute Gasteiger partial charge is 0.311 e. The molecule has 2 aromatic rings. The third-order valence-electron chi connectivity index (χ3n) is 4.61. The van der Waals surface area contributed by atoms with Gasteiger partial charge in [-0.25, -0.2) is 0 Å². The number of nitro benzene ring substituents is 1. The number of amides is 3. The summed E-state index contributed by atoms with van der Waals surface area (Å²) in [5, 5.41) is 10.9. The van der Waals surface area contributed by atoms with Crippen LogP contribution in [-0.4, -0.2) is 41.8 Å². The van der Waals surface area contributed by atoms with Crippen molar-refractivity contribution >= 4 is 46.7 Å². The van der Waals surface area contributed by atoms with Crippen molar-refractivity contribution in [2.75, 3.05) is 18.1 Å². The SMILES string of the molecule is O=C(COC(=O)[C@H]1CC(=O)N(c2ccc([N+](=O)[O-])cc2)C1)NNC(=O)c1ccccc1Cl. The van der Waals surface area contributed by atoms with E-state index in [0.29, 0.717) is 5.69 Å². The van der Waals surface area contributed by atoms with E-state index >= 15 is 0 Å². The van der Waals surface area contributed by atoms with Crippen molar-refractivity contribution in [1.82, 2.24) is 10.9 Å². The highest BCUT2D eigenvalue weighted by Crippen LogP contribution is 2.27. The second-order valence-electron chi connectivity index (χ2n) is 6.77. The van der Waals surface area contributed by atoms with E-state index in [4.69, 9.17) is 16.3 Å². The summed E-state index contributed by atoms with van der Waals surface area (Å²) in [6.07, 6.45) is -0.124. The number of carbonyl (C=O) groups excluding carboxylic acids is 4. The van der Waals surface area contributed by atoms with Gasteiger partial charge in [0.05, 0.1) is 21.4 Å². The molecule has 3 rings (SSSR count). The number of nitrogens with zero attached hydrogens (tertiary/aromatic N) is 2. The second kappa shape index (κ2) is 9.88. The van der Waals surface area contributed by atoms with Gasteiger partial charge in [0.15, 0.2) is 6.61 Å². The van der Waals surface area contributed by atoms with Gasteiger partial charge < -0.3 is 9.64 Å². The van der Waals surface area contributed by atoms with Gasteiger partial charge in [-0.2, -0.15) is 0 Å². The number of halogens is 1. The monoisotopic (exact) mass is 460 g/mol. The van der Waals surface area contributed by atoms with Gasteiger partial charge >= 0.3 is 5.97 Å². The molecule has 0 aromatic heterocycles. The van der Waals surface area contributed by atoms with Crippen LogP contribution in [0.3, 0.4) is 0 Å². The zero-order valence-corrected chi connectivity index (χ0v) is 17.2. The molecule has 2 aromatic carbocycles. The number of hydrogen-bond donors (Lipinski definition) is 2. The van der Waals surface area contributed by atoms with Crippen molar-refractivity contribution in [2.24, 2.45) is 5.92 Å². The highest BCUT2D eigenvalue weighted by molar-refractivity contribution is 6.33. The van der Waals surface area contributed by atoms with Crippen molar-refractivity contribution in [3.05, 3.63) is 69.2 Å². The predicted molar refractivity (Wildman–Crippen MR) is 112 cm³/mol. The van der Waals surface area contributed by atoms with Crippen molar-refractivity contribution in [1.29, 1.82) is 0 Å². The number of ether oxygens (including phenoxy) is 1. The molecule has 166 valence electrons. The van der Waals surface area contributed by atoms with Crippen molar-refractivity contribution in [3.8, 4) is 0 Å². The normalized spacial score (nSPS) is 15.2. The Morgan fingerprint density at radius 3 is 2.47 bits per heavy atom. The molecule has 0 radical (unpaired) electrons. The van der Waals surface area contributed by atoms with Crippen molar-refractivity contribution in [3.63, 3.8) is 0 Å². The van der Waals surface area contributed by atoms with Crippen LogP contribution < -0.4 is 15.8 Å². The van der Waals surface area contributed by atoms with Crippen LogP contribution in [0.5, 0.6) is 0 Å². The topological polar surface area (TPSA) is 148 Å². The standard InChI is InChI=1S/C20H17ClN4O7/c21-16-4-2-1-3-15(16)19(28)23-22-17(26)11-32-20(29)12-9-18(27)24(10-12)13-5-7-14(8-6-13)25(30)31/h1-8,12H,9-11H2,(H,22,26)(H,23,28)/t12-/m0/s1. The molecule has 0 spiro atoms. The Balaban J connectivity index is 1.47. The van der Waals surface area contributed by atoms with Crippen LogP contribution in [0.2, 0.25) is 5.02 Å². The number of carbonyl (C=O) groups is 4. The van der Waals surface area contributed by atoms with Gasteiger partial charge in [0.2, 0.25) is 5.91 Å². The Morgan fingerprint density at radius 2 is 1.81 bits per heavy atom. The number of hydrogen-bond acceptors (Lipinski definition) is 7. The first kappa shape index (κ1) is 22.7. The first-order valence-corrected chi connectivity index (χ1v) is 9.69. The fourth-order valence-electron chi connectivity index (χ4n) is 3.00. The average molecular weight is 461 g/mol. The summed E-state index contributed by atoms with van der Waals surface area (Å²) in [6.45, 7) is -0.649. The lowest BCUT2D eigenvalue weighted by Crippen LogP contribution is -2.44. The molecular formula is C20H17ClN4O7. The Kier molecular flexibility index (Phi) is 7.00. The Bertz CT molecular complexity index is 1070. The van der Waals surface area contributed by atoms with E-state index < -0.39 is 35.2 Å². The first-order chi connectivity index (χ1) is 15.3. The maximum absolute atomic E-state index is 12.2. The van der Waals surface area contributed by atoms with Gasteiger partial charge in [-0.1, -0.05) is 23.7 Å². The number of hydrazine groups is 1. The summed E-state index contributed by atoms with van der Waals surface area (Å²) >= 11 is 5.89. The largest absolute Gasteiger partial charge is 0.455 e. The van der Waals surface area contributed by atoms with Crippen LogP contribution in [0.4, 0.5) is 11.4 Å². The zero-order chi connectivity index (χ0) is 23.3. The van der Waals surface area contributed by atoms with E-state index in [-0.39, 0.29) is 35.1 Å². The second-order valence-corrected chi connectivity index (χ2v) is 7.18. The number of esters is 1. The van der Waals surface area contributed by atoms with Crippen LogP contribution in [-0.2, 0) is 19.1 Å². The van der Waals surface area contributed by atoms with Crippen LogP contribution in [0.25, 0.3) is 0 Å². The number of rotatable bonds is 6. The van der Waals surface area contributed by atoms with Crippen molar-refractivity contribution < 1.29 is 28.8 Å². The lowest BCUT2D eigenvalue weighted by molar-refractivity contribution is -0.384. The summed E-state index contributed by atoms with van der Waals surface area (Å²) in [5.74, 6) is -3.33. The molecule has 12 heteroatoms. The first-order valence-electron chi connectivity index (χ1n) is 9.31. The van der Waals surface area contributed by atoms with Crippen LogP contribution >= 0.6 is 11.6 Å². The van der Waals surface area contributed by atoms with Gasteiger partial charge in [-0.3, -0.25) is 40.1 Å². The summed E-state index contributed by atoms with van der Waals surface area (Å²) in [5.41, 5.74) is 4.71. The number of anilines is 1. The lowest BCUT2D eigenvalue weighted by Gasteiger charge is -2.16. The molecule has 0 aliphatic carbocycles. The third-order valence-corrected chi connectivity index (χ3v) is 4.94. The molecule has 1 aliphatic rings. The zero-order valence-electron chi connectivity index (χ0n) is 16.4. The van der Waals surface area contributed by atoms with E-state index in [0.717, 1.165) is 0 Å². The minimum absolute atomic E-state index is 0.0142. The van der Waals surface area contributed by atoms with E-state index in [9.17, 15) is 29.3 Å². The fraction of sp³-hybridized carbons (Fsp3) is 0.200. The molecule has 1 atom stereocenters. The molecule has 1 aliphatic heterocycles. The molecule has 3 amide bonds. The van der Waals surface area contributed by atoms with E-state index in [2.05, 4.69) is 10.9 Å². The predicted octanol–water partition coefficient (Wildman–Crippen LogP) is 1.61. The van der Waals surface area contributed by atoms with E-state index in [1.165, 1.54) is 41.3 Å². The Hall–Kier alpha value is -3.99. The molecule has 11 nitrogen and oxygen atoms in total. The van der Waals surface area contributed by atoms with Crippen LogP contribution in [0.15, 0.2) is 48.5 Å². The van der Waals surface area contributed by atoms with Gasteiger partial charge in [0.1, 0.15) is 0 Å². The summed E-state index contributed by atoms with van der Waals surface area (Å²) in [7, 11) is 0. The van der Waals surface area contributed by atoms with Gasteiger partial charge in [-0.15, -0.1) is 0 Å². The summed E-state index contributed by atoms with van der Waals surface area (Å²) < 4.78 is 4.94. The number of nitro groups is 1. The van der Waals surface area contributed by atoms with E-state index in [1.54, 1.807) is 12.1 Å².